The first-order valence-corrected chi connectivity index (χ1v) is 6.89. The van der Waals surface area contributed by atoms with Gasteiger partial charge in [0.15, 0.2) is 6.61 Å². The first kappa shape index (κ1) is 13.1. The number of ether oxygens (including phenoxy) is 1. The summed E-state index contributed by atoms with van der Waals surface area (Å²) in [5.41, 5.74) is 1.46. The predicted molar refractivity (Wildman–Crippen MR) is 71.1 cm³/mol. The van der Waals surface area contributed by atoms with E-state index in [4.69, 9.17) is 4.74 Å². The van der Waals surface area contributed by atoms with Crippen LogP contribution >= 0.6 is 15.9 Å². The summed E-state index contributed by atoms with van der Waals surface area (Å²) in [5, 5.41) is 0.756. The summed E-state index contributed by atoms with van der Waals surface area (Å²) in [5.74, 6) is -0.0575. The van der Waals surface area contributed by atoms with Crippen molar-refractivity contribution in [3.8, 4) is 5.75 Å². The van der Waals surface area contributed by atoms with E-state index in [0.29, 0.717) is 17.9 Å². The van der Waals surface area contributed by atoms with Gasteiger partial charge in [0.05, 0.1) is 5.56 Å². The van der Waals surface area contributed by atoms with Crippen LogP contribution in [0.2, 0.25) is 0 Å². The maximum atomic E-state index is 12.3. The summed E-state index contributed by atoms with van der Waals surface area (Å²) in [6.45, 7) is 2.26. The van der Waals surface area contributed by atoms with Gasteiger partial charge in [-0.05, 0) is 31.0 Å². The van der Waals surface area contributed by atoms with E-state index >= 15 is 0 Å². The Morgan fingerprint density at radius 1 is 1.39 bits per heavy atom. The largest absolute Gasteiger partial charge is 0.483 e. The first-order chi connectivity index (χ1) is 8.63. The lowest BCUT2D eigenvalue weighted by Gasteiger charge is -2.17. The molecule has 1 aromatic carbocycles. The molecule has 1 aromatic rings. The lowest BCUT2D eigenvalue weighted by Crippen LogP contribution is -2.38. The number of hydrogen-bond donors (Lipinski definition) is 0. The minimum Gasteiger partial charge on any atom is -0.483 e. The smallest absolute Gasteiger partial charge is 0.267 e. The van der Waals surface area contributed by atoms with Crippen molar-refractivity contribution in [1.82, 2.24) is 4.90 Å². The average Bonchev–Trinajstić information content (AvgIpc) is 2.46. The number of benzene rings is 1. The van der Waals surface area contributed by atoms with E-state index in [0.717, 1.165) is 17.3 Å². The molecule has 1 aliphatic heterocycles. The molecule has 1 aliphatic rings. The molecule has 0 bridgehead atoms. The molecule has 0 spiro atoms. The molecule has 0 aromatic heterocycles. The molecular formula is C13H14BrNO3. The zero-order chi connectivity index (χ0) is 13.1. The minimum absolute atomic E-state index is 0.0789. The van der Waals surface area contributed by atoms with Crippen LogP contribution in [0.3, 0.4) is 0 Å². The van der Waals surface area contributed by atoms with Crippen LogP contribution in [0.4, 0.5) is 0 Å². The van der Waals surface area contributed by atoms with Crippen molar-refractivity contribution in [2.45, 2.75) is 13.3 Å². The Balaban J connectivity index is 2.33. The van der Waals surface area contributed by atoms with Gasteiger partial charge in [-0.15, -0.1) is 0 Å². The van der Waals surface area contributed by atoms with Gasteiger partial charge >= 0.3 is 0 Å². The van der Waals surface area contributed by atoms with E-state index in [-0.39, 0.29) is 18.4 Å². The molecule has 0 atom stereocenters. The van der Waals surface area contributed by atoms with Crippen molar-refractivity contribution in [2.24, 2.45) is 0 Å². The second kappa shape index (κ2) is 5.52. The third-order valence-electron chi connectivity index (χ3n) is 2.78. The number of fused-ring (bicyclic) bond motifs is 1. The number of carbonyl (C=O) groups is 2. The number of alkyl halides is 1. The molecule has 18 heavy (non-hydrogen) atoms. The Hall–Kier alpha value is -1.36. The van der Waals surface area contributed by atoms with Gasteiger partial charge in [0.1, 0.15) is 5.75 Å². The molecule has 0 saturated carbocycles. The first-order valence-electron chi connectivity index (χ1n) is 5.77. The second-order valence-electron chi connectivity index (χ2n) is 4.18. The highest BCUT2D eigenvalue weighted by Gasteiger charge is 2.28. The fourth-order valence-corrected chi connectivity index (χ4v) is 2.10. The molecule has 2 amide bonds. The molecule has 0 radical (unpaired) electrons. The number of imide groups is 1. The molecule has 0 N–H and O–H groups in total. The van der Waals surface area contributed by atoms with Crippen molar-refractivity contribution in [3.63, 3.8) is 0 Å². The summed E-state index contributed by atoms with van der Waals surface area (Å²) in [7, 11) is 0. The number of hydrogen-bond acceptors (Lipinski definition) is 3. The van der Waals surface area contributed by atoms with Crippen LogP contribution in [0.25, 0.3) is 0 Å². The molecule has 0 saturated heterocycles. The Kier molecular flexibility index (Phi) is 4.01. The van der Waals surface area contributed by atoms with Gasteiger partial charge in [0, 0.05) is 11.9 Å². The average molecular weight is 312 g/mol. The third kappa shape index (κ3) is 2.56. The van der Waals surface area contributed by atoms with Gasteiger partial charge in [0.25, 0.3) is 11.8 Å². The van der Waals surface area contributed by atoms with Crippen LogP contribution < -0.4 is 4.74 Å². The lowest BCUT2D eigenvalue weighted by molar-refractivity contribution is -0.130. The number of carbonyl (C=O) groups excluding carboxylic acids is 2. The van der Waals surface area contributed by atoms with Crippen molar-refractivity contribution >= 4 is 27.7 Å². The van der Waals surface area contributed by atoms with Crippen LogP contribution in [0.5, 0.6) is 5.75 Å². The van der Waals surface area contributed by atoms with E-state index < -0.39 is 0 Å². The monoisotopic (exact) mass is 311 g/mol. The zero-order valence-electron chi connectivity index (χ0n) is 10.1. The highest BCUT2D eigenvalue weighted by atomic mass is 79.9. The fourth-order valence-electron chi connectivity index (χ4n) is 1.85. The maximum Gasteiger partial charge on any atom is 0.267 e. The van der Waals surface area contributed by atoms with E-state index in [9.17, 15) is 9.59 Å². The molecule has 2 rings (SSSR count). The molecule has 96 valence electrons. The van der Waals surface area contributed by atoms with Gasteiger partial charge in [-0.3, -0.25) is 14.5 Å². The number of rotatable bonds is 3. The van der Waals surface area contributed by atoms with E-state index in [2.05, 4.69) is 15.9 Å². The minimum atomic E-state index is -0.283. The highest BCUT2D eigenvalue weighted by Crippen LogP contribution is 2.24. The van der Waals surface area contributed by atoms with Crippen LogP contribution in [0, 0.1) is 6.92 Å². The summed E-state index contributed by atoms with van der Waals surface area (Å²) in [6, 6.07) is 5.35. The maximum absolute atomic E-state index is 12.3. The van der Waals surface area contributed by atoms with E-state index in [1.54, 1.807) is 12.1 Å². The van der Waals surface area contributed by atoms with Gasteiger partial charge < -0.3 is 4.74 Å². The van der Waals surface area contributed by atoms with Gasteiger partial charge in [0.2, 0.25) is 0 Å². The number of amides is 2. The normalized spacial score (nSPS) is 15.1. The Morgan fingerprint density at radius 2 is 2.17 bits per heavy atom. The summed E-state index contributed by atoms with van der Waals surface area (Å²) in [6.07, 6.45) is 0.735. The summed E-state index contributed by atoms with van der Waals surface area (Å²) in [4.78, 5) is 25.4. The van der Waals surface area contributed by atoms with Crippen LogP contribution in [0.1, 0.15) is 22.3 Å². The quantitative estimate of drug-likeness (QED) is 0.634. The van der Waals surface area contributed by atoms with Gasteiger partial charge in [-0.2, -0.15) is 0 Å². The molecule has 1 heterocycles. The topological polar surface area (TPSA) is 46.6 Å². The molecule has 0 fully saturated rings. The van der Waals surface area contributed by atoms with Crippen LogP contribution in [0.15, 0.2) is 18.2 Å². The zero-order valence-corrected chi connectivity index (χ0v) is 11.7. The van der Waals surface area contributed by atoms with Gasteiger partial charge in [-0.25, -0.2) is 0 Å². The van der Waals surface area contributed by atoms with Crippen LogP contribution in [-0.2, 0) is 4.79 Å². The number of aryl methyl sites for hydroxylation is 1. The third-order valence-corrected chi connectivity index (χ3v) is 3.34. The van der Waals surface area contributed by atoms with Gasteiger partial charge in [-0.1, -0.05) is 22.0 Å². The van der Waals surface area contributed by atoms with Crippen molar-refractivity contribution in [2.75, 3.05) is 18.5 Å². The highest BCUT2D eigenvalue weighted by molar-refractivity contribution is 9.09. The standard InChI is InChI=1S/C13H14BrNO3/c1-9-3-4-10-11(7-9)18-8-12(16)15(13(10)17)6-2-5-14/h3-4,7H,2,5-6,8H2,1H3. The molecule has 4 nitrogen and oxygen atoms in total. The molecule has 0 unspecified atom stereocenters. The predicted octanol–water partition coefficient (Wildman–Crippen LogP) is 2.14. The Bertz CT molecular complexity index is 487. The molecular weight excluding hydrogens is 298 g/mol. The number of nitrogens with zero attached hydrogens (tertiary/aromatic N) is 1. The van der Waals surface area contributed by atoms with Crippen molar-refractivity contribution in [3.05, 3.63) is 29.3 Å². The summed E-state index contributed by atoms with van der Waals surface area (Å²) >= 11 is 3.30. The van der Waals surface area contributed by atoms with E-state index in [1.165, 1.54) is 4.90 Å². The van der Waals surface area contributed by atoms with Crippen molar-refractivity contribution < 1.29 is 14.3 Å². The Labute approximate surface area is 114 Å². The molecule has 5 heteroatoms. The Morgan fingerprint density at radius 3 is 2.89 bits per heavy atom. The lowest BCUT2D eigenvalue weighted by atomic mass is 10.1. The van der Waals surface area contributed by atoms with Crippen molar-refractivity contribution in [1.29, 1.82) is 0 Å². The molecule has 0 aliphatic carbocycles. The second-order valence-corrected chi connectivity index (χ2v) is 4.97. The fraction of sp³-hybridized carbons (Fsp3) is 0.385. The van der Waals surface area contributed by atoms with E-state index in [1.807, 2.05) is 13.0 Å². The SMILES string of the molecule is Cc1ccc2c(c1)OCC(=O)N(CCCBr)C2=O. The number of halogens is 1. The van der Waals surface area contributed by atoms with Crippen LogP contribution in [-0.4, -0.2) is 35.2 Å². The summed E-state index contributed by atoms with van der Waals surface area (Å²) < 4.78 is 5.40.